The SMILES string of the molecule is O=C(c1ccc(-c2ncn[nH]2)cc1)N1CCCC[C@@H]1c1ccc(F)cc1. The standard InChI is InChI=1S/C20H19FN4O/c21-17-10-8-14(9-11-17)18-3-1-2-12-25(18)20(26)16-6-4-15(5-7-16)19-22-13-23-24-19/h4-11,13,18H,1-3,12H2,(H,22,23,24)/t18-/m1/s1. The lowest BCUT2D eigenvalue weighted by atomic mass is 9.94. The first-order chi connectivity index (χ1) is 12.7. The largest absolute Gasteiger partial charge is 0.332 e. The molecule has 1 N–H and O–H groups in total. The number of piperidine rings is 1. The molecule has 0 spiro atoms. The Hall–Kier alpha value is -3.02. The number of halogens is 1. The molecule has 1 aromatic heterocycles. The third-order valence-electron chi connectivity index (χ3n) is 4.84. The zero-order valence-electron chi connectivity index (χ0n) is 14.2. The number of carbonyl (C=O) groups is 1. The first kappa shape index (κ1) is 16.4. The van der Waals surface area contributed by atoms with Gasteiger partial charge in [-0.15, -0.1) is 0 Å². The van der Waals surface area contributed by atoms with Crippen molar-refractivity contribution in [3.63, 3.8) is 0 Å². The van der Waals surface area contributed by atoms with Crippen molar-refractivity contribution in [2.24, 2.45) is 0 Å². The van der Waals surface area contributed by atoms with E-state index in [1.54, 1.807) is 12.1 Å². The molecule has 4 rings (SSSR count). The van der Waals surface area contributed by atoms with Crippen LogP contribution in [0, 0.1) is 5.82 Å². The van der Waals surface area contributed by atoms with Crippen LogP contribution in [-0.2, 0) is 0 Å². The molecule has 0 radical (unpaired) electrons. The van der Waals surface area contributed by atoms with E-state index in [0.717, 1.165) is 30.4 Å². The fraction of sp³-hybridized carbons (Fsp3) is 0.250. The van der Waals surface area contributed by atoms with Gasteiger partial charge in [-0.25, -0.2) is 9.37 Å². The van der Waals surface area contributed by atoms with Crippen molar-refractivity contribution in [2.75, 3.05) is 6.54 Å². The van der Waals surface area contributed by atoms with E-state index in [-0.39, 0.29) is 17.8 Å². The van der Waals surface area contributed by atoms with Crippen molar-refractivity contribution < 1.29 is 9.18 Å². The Balaban J connectivity index is 1.58. The Morgan fingerprint density at radius 2 is 1.85 bits per heavy atom. The van der Waals surface area contributed by atoms with Crippen molar-refractivity contribution in [1.29, 1.82) is 0 Å². The monoisotopic (exact) mass is 350 g/mol. The summed E-state index contributed by atoms with van der Waals surface area (Å²) in [6.07, 6.45) is 4.40. The third-order valence-corrected chi connectivity index (χ3v) is 4.84. The molecule has 2 aromatic carbocycles. The van der Waals surface area contributed by atoms with Gasteiger partial charge in [-0.1, -0.05) is 24.3 Å². The van der Waals surface area contributed by atoms with Crippen LogP contribution in [0.15, 0.2) is 54.9 Å². The first-order valence-corrected chi connectivity index (χ1v) is 8.74. The summed E-state index contributed by atoms with van der Waals surface area (Å²) >= 11 is 0. The van der Waals surface area contributed by atoms with Gasteiger partial charge in [0.05, 0.1) is 6.04 Å². The molecule has 1 aliphatic rings. The Labute approximate surface area is 150 Å². The van der Waals surface area contributed by atoms with Gasteiger partial charge in [0.1, 0.15) is 12.1 Å². The topological polar surface area (TPSA) is 61.9 Å². The third kappa shape index (κ3) is 3.22. The highest BCUT2D eigenvalue weighted by Gasteiger charge is 2.28. The van der Waals surface area contributed by atoms with Gasteiger partial charge in [0.15, 0.2) is 5.82 Å². The molecule has 0 unspecified atom stereocenters. The van der Waals surface area contributed by atoms with E-state index >= 15 is 0 Å². The highest BCUT2D eigenvalue weighted by atomic mass is 19.1. The van der Waals surface area contributed by atoms with Crippen LogP contribution in [0.25, 0.3) is 11.4 Å². The number of aromatic nitrogens is 3. The molecular weight excluding hydrogens is 331 g/mol. The quantitative estimate of drug-likeness (QED) is 0.777. The van der Waals surface area contributed by atoms with Crippen LogP contribution in [0.3, 0.4) is 0 Å². The molecule has 3 aromatic rings. The summed E-state index contributed by atoms with van der Waals surface area (Å²) in [5.41, 5.74) is 2.51. The fourth-order valence-electron chi connectivity index (χ4n) is 3.49. The number of H-pyrrole nitrogens is 1. The van der Waals surface area contributed by atoms with Gasteiger partial charge in [0, 0.05) is 17.7 Å². The van der Waals surface area contributed by atoms with Crippen molar-refractivity contribution >= 4 is 5.91 Å². The minimum atomic E-state index is -0.259. The number of carbonyl (C=O) groups excluding carboxylic acids is 1. The Morgan fingerprint density at radius 1 is 1.08 bits per heavy atom. The van der Waals surface area contributed by atoms with Gasteiger partial charge in [-0.3, -0.25) is 9.89 Å². The summed E-state index contributed by atoms with van der Waals surface area (Å²) < 4.78 is 13.2. The second-order valence-corrected chi connectivity index (χ2v) is 6.47. The summed E-state index contributed by atoms with van der Waals surface area (Å²) in [5, 5.41) is 6.65. The molecule has 132 valence electrons. The molecule has 1 fully saturated rings. The minimum absolute atomic E-state index is 0.00291. The molecule has 26 heavy (non-hydrogen) atoms. The van der Waals surface area contributed by atoms with Crippen molar-refractivity contribution in [3.8, 4) is 11.4 Å². The maximum absolute atomic E-state index is 13.2. The molecule has 0 saturated carbocycles. The molecular formula is C20H19FN4O. The summed E-state index contributed by atoms with van der Waals surface area (Å²) in [6.45, 7) is 0.713. The number of aromatic amines is 1. The lowest BCUT2D eigenvalue weighted by molar-refractivity contribution is 0.0611. The number of benzene rings is 2. The maximum Gasteiger partial charge on any atom is 0.254 e. The van der Waals surface area contributed by atoms with Crippen LogP contribution in [0.4, 0.5) is 4.39 Å². The molecule has 1 amide bonds. The van der Waals surface area contributed by atoms with Crippen LogP contribution in [-0.4, -0.2) is 32.5 Å². The van der Waals surface area contributed by atoms with Crippen LogP contribution in [0.2, 0.25) is 0 Å². The molecule has 0 aliphatic carbocycles. The predicted octanol–water partition coefficient (Wildman–Crippen LogP) is 3.98. The van der Waals surface area contributed by atoms with Crippen LogP contribution in [0.1, 0.15) is 41.2 Å². The lowest BCUT2D eigenvalue weighted by Crippen LogP contribution is -2.38. The molecule has 1 atom stereocenters. The predicted molar refractivity (Wildman–Crippen MR) is 95.8 cm³/mol. The number of rotatable bonds is 3. The first-order valence-electron chi connectivity index (χ1n) is 8.74. The zero-order chi connectivity index (χ0) is 17.9. The van der Waals surface area contributed by atoms with Crippen molar-refractivity contribution in [3.05, 3.63) is 71.8 Å². The van der Waals surface area contributed by atoms with E-state index in [0.29, 0.717) is 17.9 Å². The number of nitrogens with zero attached hydrogens (tertiary/aromatic N) is 3. The average molecular weight is 350 g/mol. The molecule has 5 nitrogen and oxygen atoms in total. The normalized spacial score (nSPS) is 17.3. The van der Waals surface area contributed by atoms with E-state index in [1.807, 2.05) is 29.2 Å². The Kier molecular flexibility index (Phi) is 4.48. The van der Waals surface area contributed by atoms with Crippen LogP contribution in [0.5, 0.6) is 0 Å². The zero-order valence-corrected chi connectivity index (χ0v) is 14.2. The molecule has 1 aliphatic heterocycles. The number of hydrogen-bond acceptors (Lipinski definition) is 3. The number of nitrogens with one attached hydrogen (secondary N) is 1. The smallest absolute Gasteiger partial charge is 0.254 e. The van der Waals surface area contributed by atoms with Gasteiger partial charge in [-0.2, -0.15) is 5.10 Å². The number of hydrogen-bond donors (Lipinski definition) is 1. The minimum Gasteiger partial charge on any atom is -0.332 e. The Bertz CT molecular complexity index is 875. The van der Waals surface area contributed by atoms with E-state index in [9.17, 15) is 9.18 Å². The molecule has 2 heterocycles. The summed E-state index contributed by atoms with van der Waals surface area (Å²) in [6, 6.07) is 13.8. The molecule has 6 heteroatoms. The molecule has 1 saturated heterocycles. The average Bonchev–Trinajstić information content (AvgIpc) is 3.23. The van der Waals surface area contributed by atoms with Gasteiger partial charge in [-0.05, 0) is 49.1 Å². The highest BCUT2D eigenvalue weighted by Crippen LogP contribution is 2.32. The Morgan fingerprint density at radius 3 is 2.54 bits per heavy atom. The number of amides is 1. The summed E-state index contributed by atoms with van der Waals surface area (Å²) in [7, 11) is 0. The van der Waals surface area contributed by atoms with Crippen molar-refractivity contribution in [2.45, 2.75) is 25.3 Å². The van der Waals surface area contributed by atoms with Gasteiger partial charge >= 0.3 is 0 Å². The second-order valence-electron chi connectivity index (χ2n) is 6.47. The summed E-state index contributed by atoms with van der Waals surface area (Å²) in [4.78, 5) is 19.1. The van der Waals surface area contributed by atoms with Gasteiger partial charge in [0.25, 0.3) is 5.91 Å². The van der Waals surface area contributed by atoms with Crippen LogP contribution >= 0.6 is 0 Å². The fourth-order valence-corrected chi connectivity index (χ4v) is 3.49. The van der Waals surface area contributed by atoms with Crippen molar-refractivity contribution in [1.82, 2.24) is 20.1 Å². The number of likely N-dealkylation sites (tertiary alicyclic amines) is 1. The van der Waals surface area contributed by atoms with E-state index in [4.69, 9.17) is 0 Å². The second kappa shape index (κ2) is 7.07. The molecule has 0 bridgehead atoms. The maximum atomic E-state index is 13.2. The summed E-state index contributed by atoms with van der Waals surface area (Å²) in [5.74, 6) is 0.416. The van der Waals surface area contributed by atoms with E-state index < -0.39 is 0 Å². The van der Waals surface area contributed by atoms with E-state index in [2.05, 4.69) is 15.2 Å². The van der Waals surface area contributed by atoms with E-state index in [1.165, 1.54) is 18.5 Å². The van der Waals surface area contributed by atoms with Gasteiger partial charge in [0.2, 0.25) is 0 Å². The van der Waals surface area contributed by atoms with Gasteiger partial charge < -0.3 is 4.90 Å². The van der Waals surface area contributed by atoms with Crippen LogP contribution < -0.4 is 0 Å². The highest BCUT2D eigenvalue weighted by molar-refractivity contribution is 5.95. The lowest BCUT2D eigenvalue weighted by Gasteiger charge is -2.36.